The van der Waals surface area contributed by atoms with E-state index in [1.54, 1.807) is 59.1 Å². The Morgan fingerprint density at radius 1 is 1.21 bits per heavy atom. The molecule has 174 valence electrons. The van der Waals surface area contributed by atoms with Crippen molar-refractivity contribution in [1.29, 1.82) is 5.26 Å². The Morgan fingerprint density at radius 3 is 2.68 bits per heavy atom. The molecule has 3 aromatic rings. The first-order valence-electron chi connectivity index (χ1n) is 10.9. The highest BCUT2D eigenvalue weighted by Gasteiger charge is 2.27. The average molecular weight is 460 g/mol. The summed E-state index contributed by atoms with van der Waals surface area (Å²) in [5.74, 6) is -0.359. The Hall–Kier alpha value is -4.32. The number of carbonyl (C=O) groups is 3. The summed E-state index contributed by atoms with van der Waals surface area (Å²) in [6, 6.07) is 12.4. The maximum Gasteiger partial charge on any atom is 0.340 e. The minimum absolute atomic E-state index is 0.0508. The summed E-state index contributed by atoms with van der Waals surface area (Å²) >= 11 is 0. The van der Waals surface area contributed by atoms with Crippen LogP contribution < -0.4 is 10.2 Å². The molecular weight excluding hydrogens is 436 g/mol. The van der Waals surface area contributed by atoms with Gasteiger partial charge in [0.25, 0.3) is 5.91 Å². The zero-order chi connectivity index (χ0) is 24.2. The number of rotatable bonds is 7. The van der Waals surface area contributed by atoms with Gasteiger partial charge in [-0.25, -0.2) is 4.79 Å². The Labute approximate surface area is 196 Å². The van der Waals surface area contributed by atoms with Crippen molar-refractivity contribution < 1.29 is 23.5 Å². The molecule has 2 aromatic heterocycles. The van der Waals surface area contributed by atoms with E-state index in [9.17, 15) is 19.6 Å². The zero-order valence-corrected chi connectivity index (χ0v) is 19.0. The molecule has 0 radical (unpaired) electrons. The maximum atomic E-state index is 12.7. The van der Waals surface area contributed by atoms with Crippen molar-refractivity contribution in [3.63, 3.8) is 0 Å². The monoisotopic (exact) mass is 460 g/mol. The molecule has 1 fully saturated rings. The minimum atomic E-state index is -0.704. The number of anilines is 2. The smallest absolute Gasteiger partial charge is 0.340 e. The fraction of sp³-hybridized carbons (Fsp3) is 0.280. The third kappa shape index (κ3) is 4.43. The number of hydrogen-bond acceptors (Lipinski definition) is 6. The summed E-state index contributed by atoms with van der Waals surface area (Å²) in [6.07, 6.45) is 2.71. The van der Waals surface area contributed by atoms with Gasteiger partial charge in [-0.05, 0) is 50.1 Å². The van der Waals surface area contributed by atoms with Crippen molar-refractivity contribution in [2.24, 2.45) is 0 Å². The molecule has 3 heterocycles. The van der Waals surface area contributed by atoms with Gasteiger partial charge < -0.3 is 23.9 Å². The quantitative estimate of drug-likeness (QED) is 0.539. The molecule has 1 saturated heterocycles. The van der Waals surface area contributed by atoms with Crippen molar-refractivity contribution in [3.05, 3.63) is 70.8 Å². The number of nitrogens with one attached hydrogen (secondary N) is 1. The summed E-state index contributed by atoms with van der Waals surface area (Å²) < 4.78 is 12.4. The number of amides is 2. The molecule has 0 aliphatic carbocycles. The summed E-state index contributed by atoms with van der Waals surface area (Å²) in [5, 5.41) is 12.3. The first-order chi connectivity index (χ1) is 16.4. The highest BCUT2D eigenvalue weighted by molar-refractivity contribution is 6.04. The number of ether oxygens (including phenoxy) is 1. The van der Waals surface area contributed by atoms with E-state index in [4.69, 9.17) is 9.15 Å². The Balaban J connectivity index is 1.48. The lowest BCUT2D eigenvalue weighted by atomic mass is 10.1. The van der Waals surface area contributed by atoms with Crippen LogP contribution in [0.2, 0.25) is 0 Å². The summed E-state index contributed by atoms with van der Waals surface area (Å²) in [6.45, 7) is 3.97. The first-order valence-corrected chi connectivity index (χ1v) is 10.9. The van der Waals surface area contributed by atoms with Gasteiger partial charge in [-0.3, -0.25) is 9.59 Å². The molecule has 1 aliphatic heterocycles. The number of para-hydroxylation sites is 1. The van der Waals surface area contributed by atoms with Gasteiger partial charge >= 0.3 is 5.97 Å². The second kappa shape index (κ2) is 9.67. The van der Waals surface area contributed by atoms with Crippen LogP contribution in [0.15, 0.2) is 47.1 Å². The van der Waals surface area contributed by atoms with Crippen LogP contribution in [0.3, 0.4) is 0 Å². The molecule has 4 rings (SSSR count). The molecule has 1 N–H and O–H groups in total. The molecule has 9 heteroatoms. The van der Waals surface area contributed by atoms with Gasteiger partial charge in [0.05, 0.1) is 29.6 Å². The van der Waals surface area contributed by atoms with E-state index < -0.39 is 18.5 Å². The number of carbonyl (C=O) groups excluding carboxylic acids is 3. The normalized spacial score (nSPS) is 13.1. The molecule has 0 atom stereocenters. The second-order valence-electron chi connectivity index (χ2n) is 8.00. The van der Waals surface area contributed by atoms with Crippen molar-refractivity contribution in [2.45, 2.75) is 33.2 Å². The lowest BCUT2D eigenvalue weighted by Gasteiger charge is -2.19. The molecule has 1 aliphatic rings. The lowest BCUT2D eigenvalue weighted by Crippen LogP contribution is -2.27. The Bertz CT molecular complexity index is 1280. The highest BCUT2D eigenvalue weighted by atomic mass is 16.5. The fourth-order valence-electron chi connectivity index (χ4n) is 4.05. The van der Waals surface area contributed by atoms with Gasteiger partial charge in [0.1, 0.15) is 17.6 Å². The largest absolute Gasteiger partial charge is 0.467 e. The van der Waals surface area contributed by atoms with Crippen LogP contribution in [-0.2, 0) is 20.9 Å². The van der Waals surface area contributed by atoms with Crippen LogP contribution in [0.4, 0.5) is 11.5 Å². The van der Waals surface area contributed by atoms with Crippen LogP contribution in [0.5, 0.6) is 0 Å². The van der Waals surface area contributed by atoms with E-state index in [-0.39, 0.29) is 11.5 Å². The van der Waals surface area contributed by atoms with E-state index in [1.165, 1.54) is 0 Å². The topological polar surface area (TPSA) is 118 Å². The molecule has 0 saturated carbocycles. The molecular formula is C25H24N4O5. The van der Waals surface area contributed by atoms with Crippen LogP contribution in [0.25, 0.3) is 0 Å². The standard InChI is InChI=1S/C25H24N4O5/c1-16-17(2)29(14-18-7-6-12-33-18)24(20(16)13-26)27-22(30)15-34-25(32)19-8-3-4-9-21(19)28-11-5-10-23(28)31/h3-4,6-9,12H,5,10-11,14-15H2,1-2H3,(H,27,30). The number of furan rings is 1. The summed E-state index contributed by atoms with van der Waals surface area (Å²) in [4.78, 5) is 39.1. The van der Waals surface area contributed by atoms with Crippen LogP contribution in [0.1, 0.15) is 45.8 Å². The van der Waals surface area contributed by atoms with Crippen LogP contribution in [0, 0.1) is 25.2 Å². The predicted octanol–water partition coefficient (Wildman–Crippen LogP) is 3.54. The fourth-order valence-corrected chi connectivity index (χ4v) is 4.05. The van der Waals surface area contributed by atoms with Gasteiger partial charge in [-0.1, -0.05) is 12.1 Å². The predicted molar refractivity (Wildman–Crippen MR) is 123 cm³/mol. The number of esters is 1. The van der Waals surface area contributed by atoms with Gasteiger partial charge in [0.15, 0.2) is 6.61 Å². The molecule has 34 heavy (non-hydrogen) atoms. The van der Waals surface area contributed by atoms with E-state index in [2.05, 4.69) is 11.4 Å². The molecule has 1 aromatic carbocycles. The third-order valence-corrected chi connectivity index (χ3v) is 5.92. The van der Waals surface area contributed by atoms with Gasteiger partial charge in [-0.2, -0.15) is 5.26 Å². The maximum absolute atomic E-state index is 12.7. The van der Waals surface area contributed by atoms with Crippen LogP contribution >= 0.6 is 0 Å². The Kier molecular flexibility index (Phi) is 6.50. The Morgan fingerprint density at radius 2 is 2.00 bits per heavy atom. The average Bonchev–Trinajstić information content (AvgIpc) is 3.55. The van der Waals surface area contributed by atoms with Gasteiger partial charge in [0.2, 0.25) is 5.91 Å². The number of benzene rings is 1. The third-order valence-electron chi connectivity index (χ3n) is 5.92. The molecule has 0 spiro atoms. The molecule has 2 amide bonds. The number of nitriles is 1. The minimum Gasteiger partial charge on any atom is -0.467 e. The van der Waals surface area contributed by atoms with E-state index >= 15 is 0 Å². The molecule has 0 unspecified atom stereocenters. The van der Waals surface area contributed by atoms with Crippen LogP contribution in [-0.4, -0.2) is 35.5 Å². The van der Waals surface area contributed by atoms with E-state index in [0.29, 0.717) is 42.3 Å². The van der Waals surface area contributed by atoms with Gasteiger partial charge in [0, 0.05) is 18.7 Å². The molecule has 9 nitrogen and oxygen atoms in total. The lowest BCUT2D eigenvalue weighted by molar-refractivity contribution is -0.119. The summed E-state index contributed by atoms with van der Waals surface area (Å²) in [7, 11) is 0. The SMILES string of the molecule is Cc1c(C#N)c(NC(=O)COC(=O)c2ccccc2N2CCCC2=O)n(Cc2ccco2)c1C. The van der Waals surface area contributed by atoms with Gasteiger partial charge in [-0.15, -0.1) is 0 Å². The number of hydrogen-bond donors (Lipinski definition) is 1. The van der Waals surface area contributed by atoms with E-state index in [0.717, 1.165) is 17.7 Å². The summed E-state index contributed by atoms with van der Waals surface area (Å²) in [5.41, 5.74) is 2.58. The van der Waals surface area contributed by atoms with E-state index in [1.807, 2.05) is 6.92 Å². The second-order valence-corrected chi connectivity index (χ2v) is 8.00. The van der Waals surface area contributed by atoms with Crippen molar-refractivity contribution in [1.82, 2.24) is 4.57 Å². The zero-order valence-electron chi connectivity index (χ0n) is 19.0. The van der Waals surface area contributed by atoms with Crippen molar-refractivity contribution >= 4 is 29.3 Å². The highest BCUT2D eigenvalue weighted by Crippen LogP contribution is 2.28. The first kappa shape index (κ1) is 22.9. The van der Waals surface area contributed by atoms with Crippen molar-refractivity contribution in [2.75, 3.05) is 23.4 Å². The molecule has 0 bridgehead atoms. The number of aromatic nitrogens is 1. The van der Waals surface area contributed by atoms with Crippen molar-refractivity contribution in [3.8, 4) is 6.07 Å². The number of nitrogens with zero attached hydrogens (tertiary/aromatic N) is 3.